The summed E-state index contributed by atoms with van der Waals surface area (Å²) in [4.78, 5) is 40.8. The lowest BCUT2D eigenvalue weighted by Crippen LogP contribution is -2.40. The van der Waals surface area contributed by atoms with E-state index in [1.165, 1.54) is 4.90 Å². The normalized spacial score (nSPS) is 28.1. The summed E-state index contributed by atoms with van der Waals surface area (Å²) in [7, 11) is 1.59. The molecule has 7 heteroatoms. The molecule has 38 heavy (non-hydrogen) atoms. The second kappa shape index (κ2) is 8.58. The van der Waals surface area contributed by atoms with E-state index < -0.39 is 0 Å². The number of nitrogens with zero attached hydrogens (tertiary/aromatic N) is 1. The van der Waals surface area contributed by atoms with Crippen molar-refractivity contribution in [2.75, 3.05) is 17.3 Å². The number of amides is 3. The van der Waals surface area contributed by atoms with E-state index in [1.54, 1.807) is 55.6 Å². The summed E-state index contributed by atoms with van der Waals surface area (Å²) in [5, 5.41) is 2.87. The molecule has 1 N–H and O–H groups in total. The molecule has 1 saturated heterocycles. The number of anilines is 2. The van der Waals surface area contributed by atoms with E-state index >= 15 is 0 Å². The SMILES string of the molecule is COc1ccccc1Oc1ccc(NC(=O)c2ccc(N3C(=O)C4C5C=CC(C6CC56)C4C3=O)cc2)cc1. The molecule has 2 bridgehead atoms. The van der Waals surface area contributed by atoms with Crippen molar-refractivity contribution < 1.29 is 23.9 Å². The highest BCUT2D eigenvalue weighted by atomic mass is 16.5. The third-order valence-electron chi connectivity index (χ3n) is 8.46. The van der Waals surface area contributed by atoms with Gasteiger partial charge < -0.3 is 14.8 Å². The first kappa shape index (κ1) is 22.8. The first-order chi connectivity index (χ1) is 18.5. The van der Waals surface area contributed by atoms with Crippen LogP contribution in [0.15, 0.2) is 84.9 Å². The van der Waals surface area contributed by atoms with Crippen molar-refractivity contribution in [1.82, 2.24) is 0 Å². The van der Waals surface area contributed by atoms with Crippen molar-refractivity contribution >= 4 is 29.1 Å². The van der Waals surface area contributed by atoms with Crippen molar-refractivity contribution in [1.29, 1.82) is 0 Å². The summed E-state index contributed by atoms with van der Waals surface area (Å²) in [6.45, 7) is 0. The minimum atomic E-state index is -0.287. The molecule has 0 radical (unpaired) electrons. The molecule has 4 aliphatic carbocycles. The predicted molar refractivity (Wildman–Crippen MR) is 141 cm³/mol. The smallest absolute Gasteiger partial charge is 0.255 e. The number of nitrogens with one attached hydrogen (secondary N) is 1. The third kappa shape index (κ3) is 3.53. The Bertz CT molecular complexity index is 1440. The molecule has 8 rings (SSSR count). The Morgan fingerprint density at radius 2 is 1.42 bits per heavy atom. The van der Waals surface area contributed by atoms with Gasteiger partial charge in [0, 0.05) is 11.3 Å². The Hall–Kier alpha value is -4.39. The Morgan fingerprint density at radius 3 is 2.03 bits per heavy atom. The van der Waals surface area contributed by atoms with Crippen LogP contribution in [0.1, 0.15) is 16.8 Å². The summed E-state index contributed by atoms with van der Waals surface area (Å²) < 4.78 is 11.2. The number of carbonyl (C=O) groups is 3. The highest BCUT2D eigenvalue weighted by molar-refractivity contribution is 6.22. The molecule has 7 nitrogen and oxygen atoms in total. The van der Waals surface area contributed by atoms with Crippen LogP contribution in [-0.4, -0.2) is 24.8 Å². The average molecular weight is 507 g/mol. The largest absolute Gasteiger partial charge is 0.493 e. The van der Waals surface area contributed by atoms with Crippen molar-refractivity contribution in [2.45, 2.75) is 6.42 Å². The fourth-order valence-electron chi connectivity index (χ4n) is 6.61. The van der Waals surface area contributed by atoms with Crippen LogP contribution in [-0.2, 0) is 9.59 Å². The van der Waals surface area contributed by atoms with Crippen LogP contribution in [0.3, 0.4) is 0 Å². The van der Waals surface area contributed by atoms with Crippen molar-refractivity contribution in [2.24, 2.45) is 35.5 Å². The van der Waals surface area contributed by atoms with Crippen LogP contribution < -0.4 is 19.7 Å². The van der Waals surface area contributed by atoms with Gasteiger partial charge in [-0.25, -0.2) is 0 Å². The van der Waals surface area contributed by atoms with E-state index in [1.807, 2.05) is 24.3 Å². The van der Waals surface area contributed by atoms with Crippen molar-refractivity contribution in [3.63, 3.8) is 0 Å². The molecular weight excluding hydrogens is 480 g/mol. The van der Waals surface area contributed by atoms with E-state index in [4.69, 9.17) is 9.47 Å². The molecule has 3 aromatic rings. The number of hydrogen-bond acceptors (Lipinski definition) is 5. The van der Waals surface area contributed by atoms with Crippen molar-refractivity contribution in [3.05, 3.63) is 90.5 Å². The van der Waals surface area contributed by atoms with Crippen LogP contribution in [0.4, 0.5) is 11.4 Å². The summed E-state index contributed by atoms with van der Waals surface area (Å²) in [6.07, 6.45) is 5.47. The quantitative estimate of drug-likeness (QED) is 0.362. The molecule has 3 amide bonds. The summed E-state index contributed by atoms with van der Waals surface area (Å²) in [5.74, 6) is 2.39. The number of allylic oxidation sites excluding steroid dienone is 2. The topological polar surface area (TPSA) is 84.9 Å². The number of imide groups is 1. The zero-order valence-corrected chi connectivity index (χ0v) is 20.7. The Kier molecular flexibility index (Phi) is 5.15. The van der Waals surface area contributed by atoms with Gasteiger partial charge >= 0.3 is 0 Å². The van der Waals surface area contributed by atoms with Crippen LogP contribution in [0.25, 0.3) is 0 Å². The minimum absolute atomic E-state index is 0.0997. The minimum Gasteiger partial charge on any atom is -0.493 e. The van der Waals surface area contributed by atoms with Gasteiger partial charge in [0.25, 0.3) is 5.91 Å². The molecule has 3 fully saturated rings. The van der Waals surface area contributed by atoms with Gasteiger partial charge in [-0.1, -0.05) is 24.3 Å². The van der Waals surface area contributed by atoms with E-state index in [2.05, 4.69) is 17.5 Å². The molecular formula is C31H26N2O5. The van der Waals surface area contributed by atoms with E-state index in [-0.39, 0.29) is 41.4 Å². The Balaban J connectivity index is 1.02. The number of hydrogen-bond donors (Lipinski definition) is 1. The number of ether oxygens (including phenoxy) is 2. The maximum atomic E-state index is 13.3. The maximum Gasteiger partial charge on any atom is 0.255 e. The first-order valence-electron chi connectivity index (χ1n) is 12.9. The zero-order valence-electron chi connectivity index (χ0n) is 20.7. The van der Waals surface area contributed by atoms with Crippen LogP contribution in [0, 0.1) is 35.5 Å². The first-order valence-corrected chi connectivity index (χ1v) is 12.9. The fourth-order valence-corrected chi connectivity index (χ4v) is 6.61. The molecule has 6 unspecified atom stereocenters. The second-order valence-electron chi connectivity index (χ2n) is 10.4. The third-order valence-corrected chi connectivity index (χ3v) is 8.46. The lowest BCUT2D eigenvalue weighted by atomic mass is 9.63. The molecule has 5 aliphatic rings. The number of rotatable bonds is 6. The molecule has 2 saturated carbocycles. The zero-order chi connectivity index (χ0) is 26.0. The van der Waals surface area contributed by atoms with Crippen LogP contribution >= 0.6 is 0 Å². The average Bonchev–Trinajstić information content (AvgIpc) is 3.73. The predicted octanol–water partition coefficient (Wildman–Crippen LogP) is 5.30. The lowest BCUT2D eigenvalue weighted by molar-refractivity contribution is -0.124. The second-order valence-corrected chi connectivity index (χ2v) is 10.4. The molecule has 3 aromatic carbocycles. The van der Waals surface area contributed by atoms with Crippen LogP contribution in [0.5, 0.6) is 17.2 Å². The fraction of sp³-hybridized carbons (Fsp3) is 0.258. The molecule has 0 aromatic heterocycles. The molecule has 0 spiro atoms. The van der Waals surface area contributed by atoms with Gasteiger partial charge in [0.05, 0.1) is 24.6 Å². The van der Waals surface area contributed by atoms with Gasteiger partial charge in [-0.05, 0) is 90.8 Å². The number of methoxy groups -OCH3 is 1. The number of carbonyl (C=O) groups excluding carboxylic acids is 3. The Labute approximate surface area is 220 Å². The standard InChI is InChI=1S/C31H26N2O5/c1-37-25-4-2-3-5-26(25)38-20-12-8-18(9-13-20)32-29(34)17-6-10-19(11-7-17)33-30(35)27-21-14-15-22(24-16-23(21)24)28(27)31(33)36/h2-15,21-24,27-28H,16H2,1H3,(H,32,34). The molecule has 1 aliphatic heterocycles. The Morgan fingerprint density at radius 1 is 0.816 bits per heavy atom. The molecule has 6 atom stereocenters. The highest BCUT2D eigenvalue weighted by Crippen LogP contribution is 2.65. The summed E-state index contributed by atoms with van der Waals surface area (Å²) in [5.41, 5.74) is 1.57. The highest BCUT2D eigenvalue weighted by Gasteiger charge is 2.67. The molecule has 190 valence electrons. The molecule has 1 heterocycles. The lowest BCUT2D eigenvalue weighted by Gasteiger charge is -2.37. The van der Waals surface area contributed by atoms with Gasteiger partial charge in [-0.2, -0.15) is 0 Å². The summed E-state index contributed by atoms with van der Waals surface area (Å²) in [6, 6.07) is 21.1. The van der Waals surface area contributed by atoms with Gasteiger partial charge in [-0.15, -0.1) is 0 Å². The van der Waals surface area contributed by atoms with Gasteiger partial charge in [0.2, 0.25) is 11.8 Å². The van der Waals surface area contributed by atoms with E-state index in [0.717, 1.165) is 6.42 Å². The number of para-hydroxylation sites is 2. The van der Waals surface area contributed by atoms with Gasteiger partial charge in [0.1, 0.15) is 5.75 Å². The monoisotopic (exact) mass is 506 g/mol. The van der Waals surface area contributed by atoms with Crippen molar-refractivity contribution in [3.8, 4) is 17.2 Å². The summed E-state index contributed by atoms with van der Waals surface area (Å²) >= 11 is 0. The van der Waals surface area contributed by atoms with Gasteiger partial charge in [0.15, 0.2) is 11.5 Å². The van der Waals surface area contributed by atoms with Crippen LogP contribution in [0.2, 0.25) is 0 Å². The van der Waals surface area contributed by atoms with E-state index in [0.29, 0.717) is 46.0 Å². The maximum absolute atomic E-state index is 13.3. The number of benzene rings is 3. The van der Waals surface area contributed by atoms with E-state index in [9.17, 15) is 14.4 Å². The van der Waals surface area contributed by atoms with Gasteiger partial charge in [-0.3, -0.25) is 19.3 Å².